The first kappa shape index (κ1) is 15.0. The molecule has 1 amide bonds. The van der Waals surface area contributed by atoms with Gasteiger partial charge < -0.3 is 11.1 Å². The molecule has 0 spiro atoms. The second kappa shape index (κ2) is 5.52. The Kier molecular flexibility index (Phi) is 3.94. The molecule has 9 heteroatoms. The first-order chi connectivity index (χ1) is 9.82. The van der Waals surface area contributed by atoms with Crippen LogP contribution in [0.2, 0.25) is 0 Å². The summed E-state index contributed by atoms with van der Waals surface area (Å²) in [6.45, 7) is 0.927. The minimum Gasteiger partial charge on any atom is -0.326 e. The number of rotatable bonds is 3. The van der Waals surface area contributed by atoms with E-state index in [0.29, 0.717) is 10.4 Å². The van der Waals surface area contributed by atoms with Crippen molar-refractivity contribution in [2.75, 3.05) is 5.32 Å². The molecular formula is C12H12F3N5O. The maximum atomic E-state index is 13.1. The van der Waals surface area contributed by atoms with Gasteiger partial charge in [0.25, 0.3) is 0 Å². The summed E-state index contributed by atoms with van der Waals surface area (Å²) >= 11 is 0. The summed E-state index contributed by atoms with van der Waals surface area (Å²) in [7, 11) is 0. The Labute approximate surface area is 117 Å². The van der Waals surface area contributed by atoms with Crippen LogP contribution in [-0.4, -0.2) is 20.9 Å². The minimum absolute atomic E-state index is 0.126. The van der Waals surface area contributed by atoms with Gasteiger partial charge in [0, 0.05) is 19.2 Å². The van der Waals surface area contributed by atoms with Crippen molar-refractivity contribution in [1.82, 2.24) is 15.0 Å². The number of alkyl halides is 3. The summed E-state index contributed by atoms with van der Waals surface area (Å²) in [5.74, 6) is -0.329. The van der Waals surface area contributed by atoms with Gasteiger partial charge in [0.05, 0.1) is 5.69 Å². The van der Waals surface area contributed by atoms with Crippen molar-refractivity contribution in [3.05, 3.63) is 35.7 Å². The second-order valence-corrected chi connectivity index (χ2v) is 4.23. The highest BCUT2D eigenvalue weighted by atomic mass is 19.4. The molecule has 6 nitrogen and oxygen atoms in total. The average Bonchev–Trinajstić information content (AvgIpc) is 2.82. The van der Waals surface area contributed by atoms with Crippen molar-refractivity contribution in [2.24, 2.45) is 5.73 Å². The van der Waals surface area contributed by atoms with Gasteiger partial charge in [-0.1, -0.05) is 11.3 Å². The molecule has 1 heterocycles. The molecule has 0 bridgehead atoms. The largest absolute Gasteiger partial charge is 0.435 e. The fourth-order valence-corrected chi connectivity index (χ4v) is 1.83. The lowest BCUT2D eigenvalue weighted by atomic mass is 10.2. The topological polar surface area (TPSA) is 85.8 Å². The number of hydrogen-bond donors (Lipinski definition) is 2. The number of nitrogens with one attached hydrogen (secondary N) is 1. The van der Waals surface area contributed by atoms with Crippen molar-refractivity contribution < 1.29 is 18.0 Å². The molecule has 0 aliphatic heterocycles. The molecular weight excluding hydrogens is 287 g/mol. The van der Waals surface area contributed by atoms with Gasteiger partial charge in [0.15, 0.2) is 5.69 Å². The number of anilines is 1. The van der Waals surface area contributed by atoms with Gasteiger partial charge in [-0.15, -0.1) is 5.10 Å². The Morgan fingerprint density at radius 3 is 2.71 bits per heavy atom. The quantitative estimate of drug-likeness (QED) is 0.903. The molecule has 0 atom stereocenters. The van der Waals surface area contributed by atoms with Crippen LogP contribution in [0.4, 0.5) is 18.9 Å². The van der Waals surface area contributed by atoms with Crippen LogP contribution in [0.25, 0.3) is 5.69 Å². The maximum absolute atomic E-state index is 13.1. The Bertz CT molecular complexity index is 665. The van der Waals surface area contributed by atoms with E-state index in [-0.39, 0.29) is 23.8 Å². The van der Waals surface area contributed by atoms with Crippen LogP contribution in [0, 0.1) is 0 Å². The number of halogens is 3. The molecule has 0 saturated heterocycles. The molecule has 0 radical (unpaired) electrons. The lowest BCUT2D eigenvalue weighted by molar-refractivity contribution is -0.143. The normalized spacial score (nSPS) is 11.5. The van der Waals surface area contributed by atoms with E-state index in [4.69, 9.17) is 5.73 Å². The second-order valence-electron chi connectivity index (χ2n) is 4.23. The zero-order valence-corrected chi connectivity index (χ0v) is 11.0. The van der Waals surface area contributed by atoms with Crippen LogP contribution >= 0.6 is 0 Å². The number of aromatic nitrogens is 3. The van der Waals surface area contributed by atoms with E-state index in [1.54, 1.807) is 6.07 Å². The zero-order chi connectivity index (χ0) is 15.6. The van der Waals surface area contributed by atoms with Gasteiger partial charge in [0.1, 0.15) is 5.69 Å². The molecule has 0 fully saturated rings. The summed E-state index contributed by atoms with van der Waals surface area (Å²) in [6, 6.07) is 5.85. The number of carbonyl (C=O) groups excluding carboxylic acids is 1. The first-order valence-electron chi connectivity index (χ1n) is 5.93. The molecule has 2 aromatic rings. The third kappa shape index (κ3) is 3.19. The molecule has 0 saturated carbocycles. The highest BCUT2D eigenvalue weighted by Crippen LogP contribution is 2.32. The van der Waals surface area contributed by atoms with Crippen LogP contribution in [0.15, 0.2) is 24.3 Å². The monoisotopic (exact) mass is 299 g/mol. The number of carbonyl (C=O) groups is 1. The molecule has 0 aliphatic rings. The number of amides is 1. The number of nitrogens with two attached hydrogens (primary N) is 1. The first-order valence-corrected chi connectivity index (χ1v) is 5.93. The lowest BCUT2D eigenvalue weighted by Gasteiger charge is -2.11. The van der Waals surface area contributed by atoms with Crippen LogP contribution < -0.4 is 11.1 Å². The molecule has 3 N–H and O–H groups in total. The zero-order valence-electron chi connectivity index (χ0n) is 11.0. The molecule has 21 heavy (non-hydrogen) atoms. The SMILES string of the molecule is CC(=O)Nc1cccc(-n2nnc(CN)c2C(F)(F)F)c1. The predicted octanol–water partition coefficient (Wildman–Crippen LogP) is 1.70. The van der Waals surface area contributed by atoms with Crippen molar-refractivity contribution in [3.63, 3.8) is 0 Å². The Morgan fingerprint density at radius 1 is 1.43 bits per heavy atom. The summed E-state index contributed by atoms with van der Waals surface area (Å²) < 4.78 is 40.0. The standard InChI is InChI=1S/C12H12F3N5O/c1-7(21)17-8-3-2-4-9(5-8)20-11(12(13,14)15)10(6-16)18-19-20/h2-5H,6,16H2,1H3,(H,17,21). The van der Waals surface area contributed by atoms with Crippen LogP contribution in [0.1, 0.15) is 18.3 Å². The molecule has 0 unspecified atom stereocenters. The fourth-order valence-electron chi connectivity index (χ4n) is 1.83. The Hall–Kier alpha value is -2.42. The molecule has 0 aliphatic carbocycles. The van der Waals surface area contributed by atoms with Crippen molar-refractivity contribution >= 4 is 11.6 Å². The number of hydrogen-bond acceptors (Lipinski definition) is 4. The molecule has 2 rings (SSSR count). The fraction of sp³-hybridized carbons (Fsp3) is 0.250. The van der Waals surface area contributed by atoms with Crippen molar-refractivity contribution in [2.45, 2.75) is 19.6 Å². The summed E-state index contributed by atoms with van der Waals surface area (Å²) in [6.07, 6.45) is -4.64. The van der Waals surface area contributed by atoms with E-state index in [0.717, 1.165) is 0 Å². The van der Waals surface area contributed by atoms with E-state index < -0.39 is 11.9 Å². The van der Waals surface area contributed by atoms with Crippen molar-refractivity contribution in [3.8, 4) is 5.69 Å². The van der Waals surface area contributed by atoms with E-state index in [9.17, 15) is 18.0 Å². The summed E-state index contributed by atoms with van der Waals surface area (Å²) in [5, 5.41) is 9.43. The van der Waals surface area contributed by atoms with Gasteiger partial charge in [-0.3, -0.25) is 4.79 Å². The van der Waals surface area contributed by atoms with E-state index >= 15 is 0 Å². The van der Waals surface area contributed by atoms with Gasteiger partial charge in [-0.2, -0.15) is 13.2 Å². The van der Waals surface area contributed by atoms with Crippen LogP contribution in [0.3, 0.4) is 0 Å². The maximum Gasteiger partial charge on any atom is 0.435 e. The van der Waals surface area contributed by atoms with Gasteiger partial charge >= 0.3 is 6.18 Å². The number of nitrogens with zero attached hydrogens (tertiary/aromatic N) is 3. The minimum atomic E-state index is -4.64. The number of benzene rings is 1. The van der Waals surface area contributed by atoms with E-state index in [1.807, 2.05) is 0 Å². The highest BCUT2D eigenvalue weighted by Gasteiger charge is 2.39. The smallest absolute Gasteiger partial charge is 0.326 e. The van der Waals surface area contributed by atoms with Crippen LogP contribution in [0.5, 0.6) is 0 Å². The van der Waals surface area contributed by atoms with Gasteiger partial charge in [-0.25, -0.2) is 4.68 Å². The summed E-state index contributed by atoms with van der Waals surface area (Å²) in [4.78, 5) is 11.0. The van der Waals surface area contributed by atoms with E-state index in [1.165, 1.54) is 25.1 Å². The molecule has 112 valence electrons. The summed E-state index contributed by atoms with van der Waals surface area (Å²) in [5.41, 5.74) is 4.38. The third-order valence-electron chi connectivity index (χ3n) is 2.61. The predicted molar refractivity (Wildman–Crippen MR) is 68.6 cm³/mol. The van der Waals surface area contributed by atoms with Gasteiger partial charge in [-0.05, 0) is 18.2 Å². The third-order valence-corrected chi connectivity index (χ3v) is 2.61. The lowest BCUT2D eigenvalue weighted by Crippen LogP contribution is -2.17. The molecule has 1 aromatic carbocycles. The Balaban J connectivity index is 2.52. The van der Waals surface area contributed by atoms with Crippen LogP contribution in [-0.2, 0) is 17.5 Å². The van der Waals surface area contributed by atoms with Crippen molar-refractivity contribution in [1.29, 1.82) is 0 Å². The highest BCUT2D eigenvalue weighted by molar-refractivity contribution is 5.88. The molecule has 1 aromatic heterocycles. The van der Waals surface area contributed by atoms with E-state index in [2.05, 4.69) is 15.6 Å². The Morgan fingerprint density at radius 2 is 2.14 bits per heavy atom. The average molecular weight is 299 g/mol. The van der Waals surface area contributed by atoms with Gasteiger partial charge in [0.2, 0.25) is 5.91 Å².